The van der Waals surface area contributed by atoms with Crippen molar-refractivity contribution in [2.45, 2.75) is 48.5 Å². The zero-order valence-corrected chi connectivity index (χ0v) is 25.3. The second-order valence-corrected chi connectivity index (χ2v) is 15.6. The molecule has 0 fully saturated rings. The van der Waals surface area contributed by atoms with Crippen molar-refractivity contribution in [1.29, 1.82) is 5.26 Å². The van der Waals surface area contributed by atoms with Crippen LogP contribution in [-0.4, -0.2) is 35.3 Å². The molecule has 0 amide bonds. The number of ether oxygens (including phenoxy) is 1. The minimum atomic E-state index is -4.19. The second kappa shape index (κ2) is 10.4. The van der Waals surface area contributed by atoms with Crippen molar-refractivity contribution >= 4 is 30.9 Å². The number of nitriles is 1. The van der Waals surface area contributed by atoms with E-state index >= 15 is 0 Å². The first-order valence-corrected chi connectivity index (χ1v) is 16.0. The van der Waals surface area contributed by atoms with Gasteiger partial charge in [-0.05, 0) is 82.1 Å². The van der Waals surface area contributed by atoms with Crippen LogP contribution in [-0.2, 0) is 19.9 Å². The topological polar surface area (TPSA) is 119 Å². The summed E-state index contributed by atoms with van der Waals surface area (Å²) in [6.07, 6.45) is 8.34. The molecular weight excluding hydrogens is 596 g/mol. The molecule has 1 aliphatic carbocycles. The summed E-state index contributed by atoms with van der Waals surface area (Å²) in [5.41, 5.74) is 1.24. The van der Waals surface area contributed by atoms with Gasteiger partial charge in [0.1, 0.15) is 16.3 Å². The molecule has 222 valence electrons. The third-order valence-corrected chi connectivity index (χ3v) is 12.6. The van der Waals surface area contributed by atoms with E-state index in [1.54, 1.807) is 50.3 Å². The number of allylic oxidation sites excluding steroid dienone is 3. The van der Waals surface area contributed by atoms with Gasteiger partial charge in [-0.2, -0.15) is 5.26 Å². The van der Waals surface area contributed by atoms with Crippen molar-refractivity contribution in [2.75, 3.05) is 0 Å². The van der Waals surface area contributed by atoms with Crippen LogP contribution < -0.4 is 4.74 Å². The van der Waals surface area contributed by atoms with Crippen molar-refractivity contribution in [3.8, 4) is 28.7 Å². The number of fused-ring (bicyclic) bond motifs is 1. The summed E-state index contributed by atoms with van der Waals surface area (Å²) in [5, 5.41) is 9.89. The van der Waals surface area contributed by atoms with Crippen LogP contribution in [0.1, 0.15) is 34.1 Å². The van der Waals surface area contributed by atoms with Crippen LogP contribution >= 0.6 is 0 Å². The van der Waals surface area contributed by atoms with E-state index in [1.807, 2.05) is 0 Å². The lowest BCUT2D eigenvalue weighted by Crippen LogP contribution is -2.40. The molecule has 43 heavy (non-hydrogen) atoms. The predicted molar refractivity (Wildman–Crippen MR) is 159 cm³/mol. The molecule has 12 heteroatoms. The van der Waals surface area contributed by atoms with Gasteiger partial charge in [-0.25, -0.2) is 34.6 Å². The van der Waals surface area contributed by atoms with Gasteiger partial charge in [0.25, 0.3) is 0 Å². The zero-order chi connectivity index (χ0) is 31.4. The van der Waals surface area contributed by atoms with Gasteiger partial charge in [-0.1, -0.05) is 23.8 Å². The maximum absolute atomic E-state index is 14.6. The Labute approximate surface area is 248 Å². The normalized spacial score (nSPS) is 17.5. The molecule has 2 heterocycles. The molecule has 2 aromatic carbocycles. The lowest BCUT2D eigenvalue weighted by Gasteiger charge is -2.31. The van der Waals surface area contributed by atoms with Gasteiger partial charge in [0.15, 0.2) is 31.8 Å². The molecule has 1 atom stereocenters. The average Bonchev–Trinajstić information content (AvgIpc) is 3.41. The number of pyridine rings is 1. The van der Waals surface area contributed by atoms with Crippen molar-refractivity contribution in [2.24, 2.45) is 0 Å². The SMILES string of the molecule is CC1=CC=CCC1(C)S(=O)(=O)n1ccc2c(-c3cc(S(=O)(=O)C(C)(C)C#N)ccc3Oc3ccc(F)cc3F)ccnc21. The Morgan fingerprint density at radius 1 is 1.02 bits per heavy atom. The van der Waals surface area contributed by atoms with E-state index in [2.05, 4.69) is 4.98 Å². The second-order valence-electron chi connectivity index (χ2n) is 10.9. The van der Waals surface area contributed by atoms with Crippen LogP contribution in [0.5, 0.6) is 11.5 Å². The highest BCUT2D eigenvalue weighted by Crippen LogP contribution is 2.42. The summed E-state index contributed by atoms with van der Waals surface area (Å²) < 4.78 is 86.8. The third kappa shape index (κ3) is 4.82. The molecule has 5 rings (SSSR count). The van der Waals surface area contributed by atoms with Gasteiger partial charge in [-0.3, -0.25) is 0 Å². The molecule has 0 aliphatic heterocycles. The highest BCUT2D eigenvalue weighted by atomic mass is 32.2. The number of aromatic nitrogens is 2. The van der Waals surface area contributed by atoms with Gasteiger partial charge in [0.05, 0.1) is 11.0 Å². The first-order chi connectivity index (χ1) is 20.1. The number of hydrogen-bond donors (Lipinski definition) is 0. The van der Waals surface area contributed by atoms with Crippen LogP contribution in [0.4, 0.5) is 8.78 Å². The Bertz CT molecular complexity index is 2110. The molecule has 0 radical (unpaired) electrons. The van der Waals surface area contributed by atoms with Gasteiger partial charge in [0.2, 0.25) is 10.0 Å². The van der Waals surface area contributed by atoms with Gasteiger partial charge in [-0.15, -0.1) is 0 Å². The first-order valence-electron chi connectivity index (χ1n) is 13.1. The Kier molecular flexibility index (Phi) is 7.31. The van der Waals surface area contributed by atoms with E-state index in [0.717, 1.165) is 16.1 Å². The molecule has 8 nitrogen and oxygen atoms in total. The van der Waals surface area contributed by atoms with Crippen LogP contribution in [0.2, 0.25) is 0 Å². The summed E-state index contributed by atoms with van der Waals surface area (Å²) in [4.78, 5) is 4.14. The number of rotatable bonds is 7. The number of sulfone groups is 1. The number of nitrogens with zero attached hydrogens (tertiary/aromatic N) is 3. The zero-order valence-electron chi connectivity index (χ0n) is 23.7. The average molecular weight is 624 g/mol. The van der Waals surface area contributed by atoms with Crippen molar-refractivity contribution in [3.05, 3.63) is 96.4 Å². The van der Waals surface area contributed by atoms with Crippen molar-refractivity contribution in [1.82, 2.24) is 8.96 Å². The molecule has 1 aliphatic rings. The molecule has 0 saturated carbocycles. The van der Waals surface area contributed by atoms with Crippen LogP contribution in [0.25, 0.3) is 22.2 Å². The van der Waals surface area contributed by atoms with Crippen molar-refractivity contribution < 1.29 is 30.4 Å². The van der Waals surface area contributed by atoms with Gasteiger partial charge < -0.3 is 4.74 Å². The summed E-state index contributed by atoms with van der Waals surface area (Å²) in [7, 11) is -8.22. The molecule has 1 unspecified atom stereocenters. The molecular formula is C31H27F2N3O5S2. The quantitative estimate of drug-likeness (QED) is 0.225. The fourth-order valence-corrected chi connectivity index (χ4v) is 7.86. The number of benzene rings is 2. The van der Waals surface area contributed by atoms with E-state index in [1.165, 1.54) is 44.4 Å². The third-order valence-electron chi connectivity index (χ3n) is 7.81. The number of halogens is 2. The number of hydrogen-bond acceptors (Lipinski definition) is 7. The fraction of sp³-hybridized carbons (Fsp3) is 0.226. The fourth-order valence-electron chi connectivity index (χ4n) is 4.82. The van der Waals surface area contributed by atoms with E-state index in [4.69, 9.17) is 4.74 Å². The molecule has 2 aromatic heterocycles. The standard InChI is InChI=1S/C31H27F2N3O5S2/c1-20-7-5-6-14-31(20,4)43(39,40)36-16-13-24-23(12-15-35-29(24)36)25-18-22(42(37,38)30(2,3)19-34)9-11-27(25)41-28-10-8-21(32)17-26(28)33/h5-13,15-18H,14H2,1-4H3. The Balaban J connectivity index is 1.74. The summed E-state index contributed by atoms with van der Waals surface area (Å²) in [6, 6.07) is 11.5. The molecule has 0 bridgehead atoms. The highest BCUT2D eigenvalue weighted by Gasteiger charge is 2.43. The molecule has 4 aromatic rings. The maximum Gasteiger partial charge on any atom is 0.249 e. The van der Waals surface area contributed by atoms with Gasteiger partial charge in [0, 0.05) is 29.4 Å². The minimum Gasteiger partial charge on any atom is -0.454 e. The van der Waals surface area contributed by atoms with E-state index in [9.17, 15) is 30.9 Å². The first kappa shape index (κ1) is 30.1. The van der Waals surface area contributed by atoms with Crippen LogP contribution in [0.15, 0.2) is 89.6 Å². The van der Waals surface area contributed by atoms with E-state index in [0.29, 0.717) is 22.6 Å². The Morgan fingerprint density at radius 2 is 1.74 bits per heavy atom. The predicted octanol–water partition coefficient (Wildman–Crippen LogP) is 6.69. The lowest BCUT2D eigenvalue weighted by molar-refractivity contribution is 0.438. The molecule has 0 N–H and O–H groups in total. The van der Waals surface area contributed by atoms with Crippen molar-refractivity contribution in [3.63, 3.8) is 0 Å². The van der Waals surface area contributed by atoms with Crippen LogP contribution in [0.3, 0.4) is 0 Å². The molecule has 0 spiro atoms. The maximum atomic E-state index is 14.6. The van der Waals surface area contributed by atoms with E-state index in [-0.39, 0.29) is 34.0 Å². The van der Waals surface area contributed by atoms with Gasteiger partial charge >= 0.3 is 0 Å². The largest absolute Gasteiger partial charge is 0.454 e. The van der Waals surface area contributed by atoms with E-state index < -0.39 is 41.0 Å². The Hall–Kier alpha value is -4.34. The summed E-state index contributed by atoms with van der Waals surface area (Å²) in [6.45, 7) is 5.93. The molecule has 0 saturated heterocycles. The highest BCUT2D eigenvalue weighted by molar-refractivity contribution is 7.93. The monoisotopic (exact) mass is 623 g/mol. The van der Waals surface area contributed by atoms with Crippen LogP contribution in [0, 0.1) is 23.0 Å². The Morgan fingerprint density at radius 3 is 2.42 bits per heavy atom. The minimum absolute atomic E-state index is 0.00508. The lowest BCUT2D eigenvalue weighted by atomic mass is 9.94. The summed E-state index contributed by atoms with van der Waals surface area (Å²) in [5.74, 6) is -2.11. The summed E-state index contributed by atoms with van der Waals surface area (Å²) >= 11 is 0. The smallest absolute Gasteiger partial charge is 0.249 e.